The molecule has 0 atom stereocenters. The van der Waals surface area contributed by atoms with Crippen molar-refractivity contribution in [2.24, 2.45) is 0 Å². The third kappa shape index (κ3) is 4.97. The van der Waals surface area contributed by atoms with Gasteiger partial charge in [-0.05, 0) is 37.5 Å². The summed E-state index contributed by atoms with van der Waals surface area (Å²) in [5, 5.41) is 6.89. The quantitative estimate of drug-likeness (QED) is 0.643. The Hall–Kier alpha value is -3.08. The van der Waals surface area contributed by atoms with Crippen LogP contribution in [0.3, 0.4) is 0 Å². The van der Waals surface area contributed by atoms with E-state index < -0.39 is 0 Å². The number of rotatable bonds is 7. The summed E-state index contributed by atoms with van der Waals surface area (Å²) < 4.78 is 5.20. The number of hydrogen-bond acceptors (Lipinski definition) is 4. The molecule has 0 aliphatic heterocycles. The van der Waals surface area contributed by atoms with Gasteiger partial charge in [0.15, 0.2) is 0 Å². The van der Waals surface area contributed by atoms with Crippen LogP contribution in [0.5, 0.6) is 0 Å². The SMILES string of the molecule is Cc1ccc(-c2cc(C(=O)NCCCc3ccc(N(C)C)cc3)on2)cc1. The van der Waals surface area contributed by atoms with Crippen LogP contribution in [-0.2, 0) is 6.42 Å². The van der Waals surface area contributed by atoms with Crippen LogP contribution in [0.2, 0.25) is 0 Å². The van der Waals surface area contributed by atoms with Crippen LogP contribution in [0.1, 0.15) is 28.1 Å². The number of amides is 1. The molecule has 0 radical (unpaired) electrons. The van der Waals surface area contributed by atoms with Crippen molar-refractivity contribution in [3.63, 3.8) is 0 Å². The van der Waals surface area contributed by atoms with E-state index in [9.17, 15) is 4.79 Å². The molecule has 5 heteroatoms. The second kappa shape index (κ2) is 8.54. The first-order valence-corrected chi connectivity index (χ1v) is 9.11. The van der Waals surface area contributed by atoms with Crippen LogP contribution in [0.15, 0.2) is 59.1 Å². The molecule has 1 aromatic heterocycles. The molecule has 27 heavy (non-hydrogen) atoms. The highest BCUT2D eigenvalue weighted by molar-refractivity contribution is 5.92. The Bertz CT molecular complexity index is 881. The van der Waals surface area contributed by atoms with Crippen molar-refractivity contribution in [2.75, 3.05) is 25.5 Å². The average Bonchev–Trinajstić information content (AvgIpc) is 3.16. The molecule has 3 aromatic rings. The van der Waals surface area contributed by atoms with E-state index in [0.29, 0.717) is 12.2 Å². The highest BCUT2D eigenvalue weighted by Crippen LogP contribution is 2.19. The lowest BCUT2D eigenvalue weighted by atomic mass is 10.1. The van der Waals surface area contributed by atoms with Gasteiger partial charge < -0.3 is 14.7 Å². The summed E-state index contributed by atoms with van der Waals surface area (Å²) in [7, 11) is 4.05. The van der Waals surface area contributed by atoms with Gasteiger partial charge in [-0.15, -0.1) is 0 Å². The minimum absolute atomic E-state index is 0.233. The Balaban J connectivity index is 1.47. The van der Waals surface area contributed by atoms with E-state index in [1.165, 1.54) is 16.8 Å². The molecule has 140 valence electrons. The molecule has 0 saturated heterocycles. The summed E-state index contributed by atoms with van der Waals surface area (Å²) in [6.07, 6.45) is 1.78. The molecule has 0 fully saturated rings. The molecule has 0 aliphatic rings. The average molecular weight is 363 g/mol. The number of nitrogens with one attached hydrogen (secondary N) is 1. The standard InChI is InChI=1S/C22H25N3O2/c1-16-6-10-18(11-7-16)20-15-21(27-24-20)22(26)23-14-4-5-17-8-12-19(13-9-17)25(2)3/h6-13,15H,4-5,14H2,1-3H3,(H,23,26). The molecule has 0 bridgehead atoms. The molecule has 1 heterocycles. The maximum Gasteiger partial charge on any atom is 0.289 e. The molecule has 2 aromatic carbocycles. The summed E-state index contributed by atoms with van der Waals surface area (Å²) in [5.41, 5.74) is 5.22. The lowest BCUT2D eigenvalue weighted by molar-refractivity contribution is 0.0916. The number of aromatic nitrogens is 1. The highest BCUT2D eigenvalue weighted by atomic mass is 16.5. The molecule has 0 spiro atoms. The van der Waals surface area contributed by atoms with Gasteiger partial charge in [0.25, 0.3) is 5.91 Å². The summed E-state index contributed by atoms with van der Waals surface area (Å²) in [5.74, 6) is 0.00438. The molecular formula is C22H25N3O2. The van der Waals surface area contributed by atoms with Crippen LogP contribution < -0.4 is 10.2 Å². The second-order valence-electron chi connectivity index (χ2n) is 6.86. The highest BCUT2D eigenvalue weighted by Gasteiger charge is 2.13. The van der Waals surface area contributed by atoms with Crippen molar-refractivity contribution in [2.45, 2.75) is 19.8 Å². The molecule has 0 saturated carbocycles. The number of aryl methyl sites for hydroxylation is 2. The number of carbonyl (C=O) groups excluding carboxylic acids is 1. The van der Waals surface area contributed by atoms with Crippen molar-refractivity contribution < 1.29 is 9.32 Å². The number of carbonyl (C=O) groups is 1. The van der Waals surface area contributed by atoms with Gasteiger partial charge >= 0.3 is 0 Å². The van der Waals surface area contributed by atoms with Gasteiger partial charge in [-0.3, -0.25) is 4.79 Å². The Labute approximate surface area is 160 Å². The van der Waals surface area contributed by atoms with Crippen molar-refractivity contribution >= 4 is 11.6 Å². The lowest BCUT2D eigenvalue weighted by Gasteiger charge is -2.12. The third-order valence-corrected chi connectivity index (χ3v) is 4.46. The Kier molecular flexibility index (Phi) is 5.91. The van der Waals surface area contributed by atoms with Gasteiger partial charge in [0.1, 0.15) is 5.69 Å². The first-order valence-electron chi connectivity index (χ1n) is 9.11. The second-order valence-corrected chi connectivity index (χ2v) is 6.86. The predicted octanol–water partition coefficient (Wildman–Crippen LogP) is 4.08. The summed E-state index contributed by atoms with van der Waals surface area (Å²) in [4.78, 5) is 14.3. The van der Waals surface area contributed by atoms with Crippen LogP contribution in [-0.4, -0.2) is 31.7 Å². The Morgan fingerprint density at radius 3 is 2.44 bits per heavy atom. The molecule has 3 rings (SSSR count). The fourth-order valence-electron chi connectivity index (χ4n) is 2.78. The molecule has 0 unspecified atom stereocenters. The monoisotopic (exact) mass is 363 g/mol. The molecule has 5 nitrogen and oxygen atoms in total. The number of nitrogens with zero attached hydrogens (tertiary/aromatic N) is 2. The molecule has 1 amide bonds. The minimum Gasteiger partial charge on any atom is -0.378 e. The fourth-order valence-corrected chi connectivity index (χ4v) is 2.78. The van der Waals surface area contributed by atoms with Gasteiger partial charge in [-0.25, -0.2) is 0 Å². The zero-order valence-corrected chi connectivity index (χ0v) is 16.0. The zero-order valence-electron chi connectivity index (χ0n) is 16.0. The smallest absolute Gasteiger partial charge is 0.289 e. The summed E-state index contributed by atoms with van der Waals surface area (Å²) >= 11 is 0. The maximum atomic E-state index is 12.2. The molecule has 1 N–H and O–H groups in total. The van der Waals surface area contributed by atoms with Crippen LogP contribution >= 0.6 is 0 Å². The van der Waals surface area contributed by atoms with E-state index in [4.69, 9.17) is 4.52 Å². The molecular weight excluding hydrogens is 338 g/mol. The van der Waals surface area contributed by atoms with Gasteiger partial charge in [0.05, 0.1) is 0 Å². The van der Waals surface area contributed by atoms with E-state index in [2.05, 4.69) is 39.6 Å². The van der Waals surface area contributed by atoms with Crippen molar-refractivity contribution in [3.05, 3.63) is 71.5 Å². The number of benzene rings is 2. The van der Waals surface area contributed by atoms with E-state index in [0.717, 1.165) is 18.4 Å². The van der Waals surface area contributed by atoms with Crippen molar-refractivity contribution in [3.8, 4) is 11.3 Å². The lowest BCUT2D eigenvalue weighted by Crippen LogP contribution is -2.24. The normalized spacial score (nSPS) is 10.6. The zero-order chi connectivity index (χ0) is 19.2. The third-order valence-electron chi connectivity index (χ3n) is 4.46. The van der Waals surface area contributed by atoms with E-state index >= 15 is 0 Å². The first kappa shape index (κ1) is 18.7. The topological polar surface area (TPSA) is 58.4 Å². The Morgan fingerprint density at radius 2 is 1.78 bits per heavy atom. The van der Waals surface area contributed by atoms with Gasteiger partial charge in [-0.2, -0.15) is 0 Å². The largest absolute Gasteiger partial charge is 0.378 e. The summed E-state index contributed by atoms with van der Waals surface area (Å²) in [6.45, 7) is 2.62. The predicted molar refractivity (Wildman–Crippen MR) is 108 cm³/mol. The first-order chi connectivity index (χ1) is 13.0. The number of anilines is 1. The van der Waals surface area contributed by atoms with Crippen molar-refractivity contribution in [1.82, 2.24) is 10.5 Å². The molecule has 0 aliphatic carbocycles. The van der Waals surface area contributed by atoms with Gasteiger partial charge in [0.2, 0.25) is 5.76 Å². The number of hydrogen-bond donors (Lipinski definition) is 1. The van der Waals surface area contributed by atoms with E-state index in [1.54, 1.807) is 6.07 Å². The van der Waals surface area contributed by atoms with E-state index in [1.807, 2.05) is 45.3 Å². The van der Waals surface area contributed by atoms with Gasteiger partial charge in [-0.1, -0.05) is 47.1 Å². The van der Waals surface area contributed by atoms with E-state index in [-0.39, 0.29) is 11.7 Å². The van der Waals surface area contributed by atoms with Crippen LogP contribution in [0.25, 0.3) is 11.3 Å². The maximum absolute atomic E-state index is 12.2. The minimum atomic E-state index is -0.233. The van der Waals surface area contributed by atoms with Crippen LogP contribution in [0, 0.1) is 6.92 Å². The van der Waals surface area contributed by atoms with Crippen LogP contribution in [0.4, 0.5) is 5.69 Å². The van der Waals surface area contributed by atoms with Crippen molar-refractivity contribution in [1.29, 1.82) is 0 Å². The Morgan fingerprint density at radius 1 is 1.07 bits per heavy atom. The summed E-state index contributed by atoms with van der Waals surface area (Å²) in [6, 6.07) is 18.1. The van der Waals surface area contributed by atoms with Gasteiger partial charge in [0, 0.05) is 38.0 Å². The fraction of sp³-hybridized carbons (Fsp3) is 0.273.